The van der Waals surface area contributed by atoms with E-state index < -0.39 is 0 Å². The number of nitrogens with one attached hydrogen (secondary N) is 3. The van der Waals surface area contributed by atoms with Gasteiger partial charge in [-0.15, -0.1) is 0 Å². The molecule has 0 heterocycles. The van der Waals surface area contributed by atoms with Crippen molar-refractivity contribution in [1.29, 1.82) is 5.41 Å². The molecular formula is C14H18ClN3. The average Bonchev–Trinajstić information content (AvgIpc) is 2.94. The van der Waals surface area contributed by atoms with Gasteiger partial charge in [0.2, 0.25) is 0 Å². The molecule has 0 spiro atoms. The lowest BCUT2D eigenvalue weighted by atomic mass is 9.95. The lowest BCUT2D eigenvalue weighted by molar-refractivity contribution is 0.390. The Bertz CT molecular complexity index is 443. The third-order valence-electron chi connectivity index (χ3n) is 4.18. The highest BCUT2D eigenvalue weighted by Crippen LogP contribution is 2.44. The minimum absolute atomic E-state index is 0.398. The molecular weight excluding hydrogens is 246 g/mol. The largest absolute Gasteiger partial charge is 0.353 e. The molecule has 2 saturated carbocycles. The Hall–Kier alpha value is -1.22. The molecule has 0 amide bonds. The first-order chi connectivity index (χ1) is 8.70. The molecule has 0 aromatic heterocycles. The maximum absolute atomic E-state index is 7.97. The standard InChI is InChI=1S/C14H18ClN3/c15-11-3-5-12(6-4-11)17-14(16)18-13-8-9-1-2-10(13)7-9/h3-6,9-10,13H,1-2,7-8H2,(H3,16,17,18). The van der Waals surface area contributed by atoms with E-state index >= 15 is 0 Å². The predicted octanol–water partition coefficient (Wildman–Crippen LogP) is 3.46. The fraction of sp³-hybridized carbons (Fsp3) is 0.500. The van der Waals surface area contributed by atoms with Gasteiger partial charge in [0, 0.05) is 16.8 Å². The van der Waals surface area contributed by atoms with Gasteiger partial charge in [-0.1, -0.05) is 18.0 Å². The van der Waals surface area contributed by atoms with Crippen molar-refractivity contribution in [2.45, 2.75) is 31.7 Å². The van der Waals surface area contributed by atoms with Crippen molar-refractivity contribution in [2.75, 3.05) is 5.32 Å². The van der Waals surface area contributed by atoms with Gasteiger partial charge < -0.3 is 10.6 Å². The van der Waals surface area contributed by atoms with E-state index in [-0.39, 0.29) is 0 Å². The van der Waals surface area contributed by atoms with E-state index in [0.717, 1.165) is 17.5 Å². The normalized spacial score (nSPS) is 29.3. The summed E-state index contributed by atoms with van der Waals surface area (Å²) < 4.78 is 0. The van der Waals surface area contributed by atoms with E-state index in [1.54, 1.807) is 0 Å². The van der Waals surface area contributed by atoms with Crippen LogP contribution in [0.5, 0.6) is 0 Å². The molecule has 0 saturated heterocycles. The SMILES string of the molecule is N=C(Nc1ccc(Cl)cc1)NC1CC2CCC1C2. The van der Waals surface area contributed by atoms with E-state index in [0.29, 0.717) is 17.0 Å². The van der Waals surface area contributed by atoms with E-state index in [2.05, 4.69) is 10.6 Å². The van der Waals surface area contributed by atoms with Gasteiger partial charge in [-0.25, -0.2) is 0 Å². The van der Waals surface area contributed by atoms with Gasteiger partial charge in [-0.3, -0.25) is 5.41 Å². The smallest absolute Gasteiger partial charge is 0.193 e. The number of anilines is 1. The number of fused-ring (bicyclic) bond motifs is 2. The highest BCUT2D eigenvalue weighted by atomic mass is 35.5. The topological polar surface area (TPSA) is 47.9 Å². The molecule has 3 nitrogen and oxygen atoms in total. The van der Waals surface area contributed by atoms with Crippen molar-refractivity contribution in [3.05, 3.63) is 29.3 Å². The molecule has 3 rings (SSSR count). The summed E-state index contributed by atoms with van der Waals surface area (Å²) in [5.41, 5.74) is 0.903. The molecule has 1 aromatic carbocycles. The molecule has 3 unspecified atom stereocenters. The summed E-state index contributed by atoms with van der Waals surface area (Å²) in [4.78, 5) is 0. The maximum Gasteiger partial charge on any atom is 0.193 e. The number of rotatable bonds is 2. The van der Waals surface area contributed by atoms with Gasteiger partial charge in [0.05, 0.1) is 0 Å². The summed E-state index contributed by atoms with van der Waals surface area (Å²) in [6.07, 6.45) is 5.30. The molecule has 2 aliphatic carbocycles. The third kappa shape index (κ3) is 2.46. The molecule has 0 radical (unpaired) electrons. The van der Waals surface area contributed by atoms with Gasteiger partial charge in [-0.2, -0.15) is 0 Å². The van der Waals surface area contributed by atoms with Crippen LogP contribution in [-0.4, -0.2) is 12.0 Å². The molecule has 4 heteroatoms. The Morgan fingerprint density at radius 2 is 1.94 bits per heavy atom. The Labute approximate surface area is 112 Å². The Morgan fingerprint density at radius 1 is 1.17 bits per heavy atom. The Morgan fingerprint density at radius 3 is 2.56 bits per heavy atom. The minimum atomic E-state index is 0.398. The summed E-state index contributed by atoms with van der Waals surface area (Å²) in [5, 5.41) is 15.1. The van der Waals surface area contributed by atoms with Gasteiger partial charge in [-0.05, 0) is 55.4 Å². The van der Waals surface area contributed by atoms with Crippen molar-refractivity contribution in [1.82, 2.24) is 5.32 Å². The van der Waals surface area contributed by atoms with Crippen LogP contribution >= 0.6 is 11.6 Å². The maximum atomic E-state index is 7.97. The minimum Gasteiger partial charge on any atom is -0.353 e. The van der Waals surface area contributed by atoms with Crippen LogP contribution in [0.15, 0.2) is 24.3 Å². The lowest BCUT2D eigenvalue weighted by Gasteiger charge is -2.24. The van der Waals surface area contributed by atoms with Gasteiger partial charge >= 0.3 is 0 Å². The van der Waals surface area contributed by atoms with Crippen molar-refractivity contribution >= 4 is 23.2 Å². The van der Waals surface area contributed by atoms with Crippen molar-refractivity contribution in [3.8, 4) is 0 Å². The molecule has 96 valence electrons. The van der Waals surface area contributed by atoms with E-state index in [1.165, 1.54) is 25.7 Å². The molecule has 2 aliphatic rings. The fourth-order valence-electron chi connectivity index (χ4n) is 3.32. The van der Waals surface area contributed by atoms with Crippen LogP contribution in [0.4, 0.5) is 5.69 Å². The molecule has 0 aliphatic heterocycles. The van der Waals surface area contributed by atoms with Crippen LogP contribution in [-0.2, 0) is 0 Å². The summed E-state index contributed by atoms with van der Waals surface area (Å²) in [6.45, 7) is 0. The van der Waals surface area contributed by atoms with Crippen molar-refractivity contribution in [3.63, 3.8) is 0 Å². The zero-order chi connectivity index (χ0) is 12.5. The summed E-state index contributed by atoms with van der Waals surface area (Å²) in [7, 11) is 0. The van der Waals surface area contributed by atoms with Gasteiger partial charge in [0.25, 0.3) is 0 Å². The van der Waals surface area contributed by atoms with Crippen LogP contribution in [0.1, 0.15) is 25.7 Å². The van der Waals surface area contributed by atoms with Crippen LogP contribution in [0.2, 0.25) is 5.02 Å². The van der Waals surface area contributed by atoms with Crippen LogP contribution in [0.25, 0.3) is 0 Å². The zero-order valence-electron chi connectivity index (χ0n) is 10.2. The summed E-state index contributed by atoms with van der Waals surface area (Å²) in [5.74, 6) is 2.08. The second-order valence-electron chi connectivity index (χ2n) is 5.43. The highest BCUT2D eigenvalue weighted by Gasteiger charge is 2.39. The molecule has 3 N–H and O–H groups in total. The monoisotopic (exact) mass is 263 g/mol. The first-order valence-electron chi connectivity index (χ1n) is 6.58. The molecule has 2 bridgehead atoms. The Balaban J connectivity index is 1.54. The fourth-order valence-corrected chi connectivity index (χ4v) is 3.45. The van der Waals surface area contributed by atoms with Crippen LogP contribution in [0.3, 0.4) is 0 Å². The van der Waals surface area contributed by atoms with E-state index in [9.17, 15) is 0 Å². The number of halogens is 1. The highest BCUT2D eigenvalue weighted by molar-refractivity contribution is 6.30. The quantitative estimate of drug-likeness (QED) is 0.565. The number of benzene rings is 1. The first kappa shape index (κ1) is 11.8. The second kappa shape index (κ2) is 4.81. The molecule has 3 atom stereocenters. The first-order valence-corrected chi connectivity index (χ1v) is 6.96. The van der Waals surface area contributed by atoms with Crippen molar-refractivity contribution in [2.24, 2.45) is 11.8 Å². The molecule has 2 fully saturated rings. The molecule has 18 heavy (non-hydrogen) atoms. The van der Waals surface area contributed by atoms with Crippen LogP contribution < -0.4 is 10.6 Å². The number of guanidine groups is 1. The number of hydrogen-bond donors (Lipinski definition) is 3. The average molecular weight is 264 g/mol. The van der Waals surface area contributed by atoms with E-state index in [1.807, 2.05) is 24.3 Å². The number of hydrogen-bond acceptors (Lipinski definition) is 1. The summed E-state index contributed by atoms with van der Waals surface area (Å²) >= 11 is 5.83. The zero-order valence-corrected chi connectivity index (χ0v) is 11.0. The van der Waals surface area contributed by atoms with Crippen molar-refractivity contribution < 1.29 is 0 Å². The Kier molecular flexibility index (Phi) is 3.16. The van der Waals surface area contributed by atoms with Gasteiger partial charge in [0.15, 0.2) is 5.96 Å². The lowest BCUT2D eigenvalue weighted by Crippen LogP contribution is -2.41. The third-order valence-corrected chi connectivity index (χ3v) is 4.43. The predicted molar refractivity (Wildman–Crippen MR) is 75.2 cm³/mol. The molecule has 1 aromatic rings. The van der Waals surface area contributed by atoms with E-state index in [4.69, 9.17) is 17.0 Å². The summed E-state index contributed by atoms with van der Waals surface area (Å²) in [6, 6.07) is 7.93. The van der Waals surface area contributed by atoms with Crippen LogP contribution in [0, 0.1) is 17.2 Å². The second-order valence-corrected chi connectivity index (χ2v) is 5.87. The van der Waals surface area contributed by atoms with Gasteiger partial charge in [0.1, 0.15) is 0 Å².